The van der Waals surface area contributed by atoms with E-state index in [4.69, 9.17) is 9.47 Å². The minimum Gasteiger partial charge on any atom is -0.353 e. The second-order valence-electron chi connectivity index (χ2n) is 4.83. The number of allylic oxidation sites excluding steroid dienone is 2. The molecule has 0 heterocycles. The van der Waals surface area contributed by atoms with E-state index in [0.29, 0.717) is 11.8 Å². The highest BCUT2D eigenvalue weighted by Crippen LogP contribution is 2.63. The number of methoxy groups -OCH3 is 2. The molecule has 3 aliphatic carbocycles. The van der Waals surface area contributed by atoms with Gasteiger partial charge in [0.1, 0.15) is 0 Å². The molecule has 0 spiro atoms. The molecule has 2 saturated carbocycles. The number of fused-ring (bicyclic) bond motifs is 5. The van der Waals surface area contributed by atoms with Crippen molar-refractivity contribution in [3.63, 3.8) is 0 Å². The van der Waals surface area contributed by atoms with Crippen molar-refractivity contribution in [3.8, 4) is 0 Å². The van der Waals surface area contributed by atoms with Crippen molar-refractivity contribution in [1.82, 2.24) is 0 Å². The average molecular weight is 194 g/mol. The molecule has 0 radical (unpaired) electrons. The molecule has 14 heavy (non-hydrogen) atoms. The Balaban J connectivity index is 1.99. The van der Waals surface area contributed by atoms with E-state index in [0.717, 1.165) is 11.8 Å². The fourth-order valence-electron chi connectivity index (χ4n) is 4.26. The molecule has 4 atom stereocenters. The second-order valence-corrected chi connectivity index (χ2v) is 4.83. The highest BCUT2D eigenvalue weighted by molar-refractivity contribution is 5.18. The van der Waals surface area contributed by atoms with Gasteiger partial charge in [-0.25, -0.2) is 0 Å². The standard InChI is InChI=1S/C12H18O2/c1-13-12(14-2)10-6-7-11(12)9-5-3-4-8(9)10/h3-4,8-11H,5-7H2,1-2H3/t8-,9+,10-,11+/m0/s1. The molecule has 0 aromatic heterocycles. The van der Waals surface area contributed by atoms with Gasteiger partial charge >= 0.3 is 0 Å². The first-order chi connectivity index (χ1) is 6.83. The molecular weight excluding hydrogens is 176 g/mol. The lowest BCUT2D eigenvalue weighted by Crippen LogP contribution is -2.40. The predicted molar refractivity (Wildman–Crippen MR) is 53.7 cm³/mol. The Morgan fingerprint density at radius 3 is 2.50 bits per heavy atom. The van der Waals surface area contributed by atoms with Crippen LogP contribution in [0, 0.1) is 23.7 Å². The Bertz CT molecular complexity index is 267. The van der Waals surface area contributed by atoms with Crippen LogP contribution in [0.25, 0.3) is 0 Å². The molecule has 0 saturated heterocycles. The largest absolute Gasteiger partial charge is 0.353 e. The Morgan fingerprint density at radius 1 is 1.14 bits per heavy atom. The van der Waals surface area contributed by atoms with Gasteiger partial charge in [0, 0.05) is 26.1 Å². The maximum Gasteiger partial charge on any atom is 0.174 e. The molecule has 78 valence electrons. The Morgan fingerprint density at radius 2 is 1.86 bits per heavy atom. The zero-order valence-electron chi connectivity index (χ0n) is 8.90. The van der Waals surface area contributed by atoms with Crippen molar-refractivity contribution < 1.29 is 9.47 Å². The molecule has 2 heteroatoms. The first kappa shape index (κ1) is 8.93. The van der Waals surface area contributed by atoms with Crippen molar-refractivity contribution in [2.75, 3.05) is 14.2 Å². The lowest BCUT2D eigenvalue weighted by molar-refractivity contribution is -0.238. The van der Waals surface area contributed by atoms with Crippen LogP contribution in [0.1, 0.15) is 19.3 Å². The maximum absolute atomic E-state index is 5.72. The molecule has 0 amide bonds. The fourth-order valence-corrected chi connectivity index (χ4v) is 4.26. The van der Waals surface area contributed by atoms with Crippen LogP contribution < -0.4 is 0 Å². The number of ether oxygens (including phenoxy) is 2. The summed E-state index contributed by atoms with van der Waals surface area (Å²) >= 11 is 0. The minimum atomic E-state index is -0.250. The van der Waals surface area contributed by atoms with E-state index in [2.05, 4.69) is 12.2 Å². The summed E-state index contributed by atoms with van der Waals surface area (Å²) in [5.41, 5.74) is 0. The topological polar surface area (TPSA) is 18.5 Å². The summed E-state index contributed by atoms with van der Waals surface area (Å²) in [6.45, 7) is 0. The van der Waals surface area contributed by atoms with Gasteiger partial charge in [0.05, 0.1) is 0 Å². The molecule has 0 N–H and O–H groups in total. The molecule has 0 aliphatic heterocycles. The Kier molecular flexibility index (Phi) is 1.80. The normalized spacial score (nSPS) is 47.3. The first-order valence-electron chi connectivity index (χ1n) is 5.60. The number of hydrogen-bond donors (Lipinski definition) is 0. The smallest absolute Gasteiger partial charge is 0.174 e. The van der Waals surface area contributed by atoms with E-state index < -0.39 is 0 Å². The lowest BCUT2D eigenvalue weighted by Gasteiger charge is -2.32. The van der Waals surface area contributed by atoms with E-state index in [1.54, 1.807) is 14.2 Å². The first-order valence-corrected chi connectivity index (χ1v) is 5.60. The van der Waals surface area contributed by atoms with Crippen LogP contribution in [0.4, 0.5) is 0 Å². The summed E-state index contributed by atoms with van der Waals surface area (Å²) in [6, 6.07) is 0. The Hall–Kier alpha value is -0.340. The van der Waals surface area contributed by atoms with Gasteiger partial charge in [-0.1, -0.05) is 12.2 Å². The van der Waals surface area contributed by atoms with Crippen molar-refractivity contribution in [2.24, 2.45) is 23.7 Å². The monoisotopic (exact) mass is 194 g/mol. The molecule has 3 rings (SSSR count). The van der Waals surface area contributed by atoms with Crippen LogP contribution in [0.5, 0.6) is 0 Å². The van der Waals surface area contributed by atoms with Crippen molar-refractivity contribution in [3.05, 3.63) is 12.2 Å². The van der Waals surface area contributed by atoms with E-state index in [9.17, 15) is 0 Å². The van der Waals surface area contributed by atoms with Gasteiger partial charge in [-0.2, -0.15) is 0 Å². The van der Waals surface area contributed by atoms with Gasteiger partial charge < -0.3 is 9.47 Å². The third-order valence-electron chi connectivity index (χ3n) is 4.70. The quantitative estimate of drug-likeness (QED) is 0.495. The van der Waals surface area contributed by atoms with Crippen LogP contribution >= 0.6 is 0 Å². The molecule has 2 bridgehead atoms. The van der Waals surface area contributed by atoms with Gasteiger partial charge in [-0.05, 0) is 31.1 Å². The minimum absolute atomic E-state index is 0.250. The highest BCUT2D eigenvalue weighted by atomic mass is 16.7. The SMILES string of the molecule is COC1(OC)[C@@H]2CC[C@H]1[C@H]1C=CC[C@H]12. The third-order valence-corrected chi connectivity index (χ3v) is 4.70. The van der Waals surface area contributed by atoms with Gasteiger partial charge in [0.25, 0.3) is 0 Å². The zero-order chi connectivity index (χ0) is 9.76. The van der Waals surface area contributed by atoms with Gasteiger partial charge in [0.2, 0.25) is 0 Å². The molecule has 0 aromatic rings. The summed E-state index contributed by atoms with van der Waals surface area (Å²) in [5, 5.41) is 0. The summed E-state index contributed by atoms with van der Waals surface area (Å²) < 4.78 is 11.4. The summed E-state index contributed by atoms with van der Waals surface area (Å²) in [7, 11) is 3.61. The average Bonchev–Trinajstić information content (AvgIpc) is 2.87. The van der Waals surface area contributed by atoms with Crippen molar-refractivity contribution >= 4 is 0 Å². The van der Waals surface area contributed by atoms with Crippen LogP contribution in [-0.2, 0) is 9.47 Å². The van der Waals surface area contributed by atoms with Crippen LogP contribution in [-0.4, -0.2) is 20.0 Å². The molecule has 3 aliphatic rings. The molecule has 0 aromatic carbocycles. The lowest BCUT2D eigenvalue weighted by atomic mass is 9.82. The van der Waals surface area contributed by atoms with Crippen LogP contribution in [0.15, 0.2) is 12.2 Å². The van der Waals surface area contributed by atoms with E-state index in [1.165, 1.54) is 19.3 Å². The van der Waals surface area contributed by atoms with Crippen LogP contribution in [0.2, 0.25) is 0 Å². The predicted octanol–water partition coefficient (Wildman–Crippen LogP) is 2.21. The van der Waals surface area contributed by atoms with Gasteiger partial charge in [0.15, 0.2) is 5.79 Å². The number of hydrogen-bond acceptors (Lipinski definition) is 2. The third kappa shape index (κ3) is 0.801. The molecule has 0 unspecified atom stereocenters. The molecular formula is C12H18O2. The van der Waals surface area contributed by atoms with Gasteiger partial charge in [-0.15, -0.1) is 0 Å². The molecule has 2 fully saturated rings. The molecule has 2 nitrogen and oxygen atoms in total. The summed E-state index contributed by atoms with van der Waals surface area (Å²) in [6.07, 6.45) is 8.53. The van der Waals surface area contributed by atoms with E-state index in [1.807, 2.05) is 0 Å². The maximum atomic E-state index is 5.72. The highest BCUT2D eigenvalue weighted by Gasteiger charge is 2.64. The zero-order valence-corrected chi connectivity index (χ0v) is 8.90. The van der Waals surface area contributed by atoms with Crippen molar-refractivity contribution in [1.29, 1.82) is 0 Å². The van der Waals surface area contributed by atoms with Crippen LogP contribution in [0.3, 0.4) is 0 Å². The fraction of sp³-hybridized carbons (Fsp3) is 0.833. The van der Waals surface area contributed by atoms with E-state index >= 15 is 0 Å². The second kappa shape index (κ2) is 2.83. The summed E-state index contributed by atoms with van der Waals surface area (Å²) in [5.74, 6) is 2.51. The van der Waals surface area contributed by atoms with E-state index in [-0.39, 0.29) is 5.79 Å². The van der Waals surface area contributed by atoms with Crippen molar-refractivity contribution in [2.45, 2.75) is 25.0 Å². The van der Waals surface area contributed by atoms with Gasteiger partial charge in [-0.3, -0.25) is 0 Å². The summed E-state index contributed by atoms with van der Waals surface area (Å²) in [4.78, 5) is 0. The number of rotatable bonds is 2. The Labute approximate surface area is 85.3 Å².